The van der Waals surface area contributed by atoms with Gasteiger partial charge in [-0.1, -0.05) is 12.1 Å². The number of aliphatic hydroxyl groups excluding tert-OH is 1. The number of methoxy groups -OCH3 is 1. The number of amides is 1. The fourth-order valence-corrected chi connectivity index (χ4v) is 5.06. The number of rotatable bonds is 8. The number of aromatic nitrogens is 2. The molecule has 0 saturated heterocycles. The van der Waals surface area contributed by atoms with Crippen LogP contribution in [0.1, 0.15) is 66.2 Å². The number of oxazole rings is 1. The van der Waals surface area contributed by atoms with Gasteiger partial charge in [0.05, 0.1) is 19.3 Å². The number of nitrogens with two attached hydrogens (primary N) is 1. The monoisotopic (exact) mass is 583 g/mol. The van der Waals surface area contributed by atoms with Gasteiger partial charge in [-0.25, -0.2) is 9.97 Å². The Hall–Kier alpha value is -4.16. The van der Waals surface area contributed by atoms with E-state index in [4.69, 9.17) is 14.9 Å². The smallest absolute Gasteiger partial charge is 0.433 e. The second-order valence-electron chi connectivity index (χ2n) is 10.5. The van der Waals surface area contributed by atoms with E-state index in [1.165, 1.54) is 19.2 Å². The molecule has 0 bridgehead atoms. The number of anilines is 1. The average molecular weight is 584 g/mol. The van der Waals surface area contributed by atoms with Gasteiger partial charge in [-0.3, -0.25) is 4.79 Å². The summed E-state index contributed by atoms with van der Waals surface area (Å²) in [6, 6.07) is 12.5. The second kappa shape index (κ2) is 12.0. The fourth-order valence-electron chi connectivity index (χ4n) is 5.06. The summed E-state index contributed by atoms with van der Waals surface area (Å²) in [5.41, 5.74) is 7.16. The van der Waals surface area contributed by atoms with Crippen molar-refractivity contribution in [3.05, 3.63) is 71.2 Å². The van der Waals surface area contributed by atoms with E-state index in [1.807, 2.05) is 24.3 Å². The Kier molecular flexibility index (Phi) is 8.37. The Morgan fingerprint density at radius 3 is 2.45 bits per heavy atom. The second-order valence-corrected chi connectivity index (χ2v) is 10.5. The molecule has 0 spiro atoms. The van der Waals surface area contributed by atoms with Gasteiger partial charge in [0.25, 0.3) is 5.91 Å². The van der Waals surface area contributed by atoms with Crippen LogP contribution in [-0.4, -0.2) is 40.2 Å². The molecule has 0 aliphatic heterocycles. The molecule has 1 saturated carbocycles. The lowest BCUT2D eigenvalue weighted by atomic mass is 9.93. The normalized spacial score (nSPS) is 18.1. The molecule has 0 unspecified atom stereocenters. The molecule has 1 atom stereocenters. The standard InChI is InChI=1S/C30H32F3N5O4/c1-16(34)27-26(28(40)35-15-17-3-5-18(6-4-17)36-19-7-9-20(39)10-8-19)38-29(42-27)22-11-13-23(41-2)25-21(22)12-14-24(37-25)30(31,32)33/h3-6,11-14,16,19-20,36,39H,7-10,15,34H2,1-2H3,(H,35,40)/t16-,19?,20?/m0/s1. The number of nitrogens with one attached hydrogen (secondary N) is 2. The van der Waals surface area contributed by atoms with E-state index < -0.39 is 23.8 Å². The van der Waals surface area contributed by atoms with Crippen molar-refractivity contribution in [2.45, 2.75) is 63.5 Å². The highest BCUT2D eigenvalue weighted by Crippen LogP contribution is 2.37. The van der Waals surface area contributed by atoms with Crippen LogP contribution in [-0.2, 0) is 12.7 Å². The number of alkyl halides is 3. The van der Waals surface area contributed by atoms with Crippen LogP contribution in [0.4, 0.5) is 18.9 Å². The number of halogens is 3. The molecule has 1 aliphatic rings. The SMILES string of the molecule is COc1ccc(-c2nc(C(=O)NCc3ccc(NC4CCC(O)CC4)cc3)c([C@H](C)N)o2)c2ccc(C(F)(F)F)nc12. The number of carbonyl (C=O) groups is 1. The van der Waals surface area contributed by atoms with Gasteiger partial charge in [0, 0.05) is 29.2 Å². The highest BCUT2D eigenvalue weighted by Gasteiger charge is 2.33. The summed E-state index contributed by atoms with van der Waals surface area (Å²) >= 11 is 0. The van der Waals surface area contributed by atoms with Crippen molar-refractivity contribution in [3.63, 3.8) is 0 Å². The van der Waals surface area contributed by atoms with Crippen molar-refractivity contribution in [3.8, 4) is 17.2 Å². The van der Waals surface area contributed by atoms with E-state index in [2.05, 4.69) is 20.6 Å². The van der Waals surface area contributed by atoms with E-state index in [1.54, 1.807) is 13.0 Å². The Balaban J connectivity index is 1.34. The first-order valence-electron chi connectivity index (χ1n) is 13.7. The molecule has 2 aromatic heterocycles. The molecule has 4 aromatic rings. The molecule has 42 heavy (non-hydrogen) atoms. The fraction of sp³-hybridized carbons (Fsp3) is 0.367. The van der Waals surface area contributed by atoms with E-state index in [-0.39, 0.29) is 41.3 Å². The van der Waals surface area contributed by atoms with E-state index in [0.717, 1.165) is 43.0 Å². The number of fused-ring (bicyclic) bond motifs is 1. The molecule has 2 aromatic carbocycles. The predicted molar refractivity (Wildman–Crippen MR) is 151 cm³/mol. The Morgan fingerprint density at radius 2 is 1.81 bits per heavy atom. The highest BCUT2D eigenvalue weighted by atomic mass is 19.4. The number of hydrogen-bond acceptors (Lipinski definition) is 8. The van der Waals surface area contributed by atoms with Gasteiger partial charge in [0.1, 0.15) is 17.0 Å². The van der Waals surface area contributed by atoms with E-state index >= 15 is 0 Å². The number of hydrogen-bond donors (Lipinski definition) is 4. The first-order valence-corrected chi connectivity index (χ1v) is 13.7. The summed E-state index contributed by atoms with van der Waals surface area (Å²) in [7, 11) is 1.34. The average Bonchev–Trinajstić information content (AvgIpc) is 3.42. The first kappa shape index (κ1) is 29.3. The lowest BCUT2D eigenvalue weighted by Crippen LogP contribution is -2.28. The van der Waals surface area contributed by atoms with Crippen LogP contribution in [0.15, 0.2) is 52.9 Å². The molecule has 1 fully saturated rings. The molecular weight excluding hydrogens is 551 g/mol. The summed E-state index contributed by atoms with van der Waals surface area (Å²) in [5, 5.41) is 16.3. The topological polar surface area (TPSA) is 136 Å². The molecular formula is C30H32F3N5O4. The van der Waals surface area contributed by atoms with Gasteiger partial charge >= 0.3 is 6.18 Å². The molecule has 12 heteroatoms. The Bertz CT molecular complexity index is 1560. The Labute approximate surface area is 240 Å². The van der Waals surface area contributed by atoms with Gasteiger partial charge in [0.15, 0.2) is 11.5 Å². The van der Waals surface area contributed by atoms with Crippen molar-refractivity contribution in [1.29, 1.82) is 0 Å². The van der Waals surface area contributed by atoms with Crippen LogP contribution in [0.5, 0.6) is 5.75 Å². The minimum atomic E-state index is -4.64. The quantitative estimate of drug-likeness (QED) is 0.211. The van der Waals surface area contributed by atoms with E-state index in [9.17, 15) is 23.1 Å². The van der Waals surface area contributed by atoms with Crippen LogP contribution < -0.4 is 21.1 Å². The molecule has 9 nitrogen and oxygen atoms in total. The van der Waals surface area contributed by atoms with Crippen molar-refractivity contribution in [2.75, 3.05) is 12.4 Å². The summed E-state index contributed by atoms with van der Waals surface area (Å²) in [5.74, 6) is -0.193. The number of nitrogens with zero attached hydrogens (tertiary/aromatic N) is 2. The number of ether oxygens (including phenoxy) is 1. The zero-order chi connectivity index (χ0) is 30.0. The van der Waals surface area contributed by atoms with Crippen LogP contribution >= 0.6 is 0 Å². The van der Waals surface area contributed by atoms with Crippen LogP contribution in [0.25, 0.3) is 22.4 Å². The summed E-state index contributed by atoms with van der Waals surface area (Å²) in [4.78, 5) is 21.4. The molecule has 5 N–H and O–H groups in total. The number of benzene rings is 2. The van der Waals surface area contributed by atoms with Gasteiger partial charge in [-0.05, 0) is 74.6 Å². The molecule has 2 heterocycles. The maximum absolute atomic E-state index is 13.3. The van der Waals surface area contributed by atoms with Crippen molar-refractivity contribution in [1.82, 2.24) is 15.3 Å². The van der Waals surface area contributed by atoms with Gasteiger partial charge in [-0.15, -0.1) is 0 Å². The van der Waals surface area contributed by atoms with Gasteiger partial charge in [-0.2, -0.15) is 13.2 Å². The lowest BCUT2D eigenvalue weighted by molar-refractivity contribution is -0.140. The van der Waals surface area contributed by atoms with Crippen molar-refractivity contribution in [2.24, 2.45) is 5.73 Å². The highest BCUT2D eigenvalue weighted by molar-refractivity contribution is 5.98. The van der Waals surface area contributed by atoms with Crippen LogP contribution in [0.2, 0.25) is 0 Å². The minimum absolute atomic E-state index is 0.0124. The third-order valence-electron chi connectivity index (χ3n) is 7.32. The maximum Gasteiger partial charge on any atom is 0.433 e. The first-order chi connectivity index (χ1) is 20.0. The van der Waals surface area contributed by atoms with Gasteiger partial charge < -0.3 is 30.6 Å². The molecule has 1 aliphatic carbocycles. The molecule has 1 amide bonds. The summed E-state index contributed by atoms with van der Waals surface area (Å²) in [6.07, 6.45) is -1.44. The Morgan fingerprint density at radius 1 is 1.10 bits per heavy atom. The lowest BCUT2D eigenvalue weighted by Gasteiger charge is -2.27. The van der Waals surface area contributed by atoms with Crippen LogP contribution in [0, 0.1) is 0 Å². The van der Waals surface area contributed by atoms with E-state index in [0.29, 0.717) is 17.0 Å². The number of pyridine rings is 1. The number of carbonyl (C=O) groups excluding carboxylic acids is 1. The van der Waals surface area contributed by atoms with Crippen molar-refractivity contribution >= 4 is 22.5 Å². The van der Waals surface area contributed by atoms with Crippen molar-refractivity contribution < 1.29 is 32.2 Å². The zero-order valence-electron chi connectivity index (χ0n) is 23.2. The largest absolute Gasteiger partial charge is 0.494 e. The minimum Gasteiger partial charge on any atom is -0.494 e. The number of aliphatic hydroxyl groups is 1. The summed E-state index contributed by atoms with van der Waals surface area (Å²) in [6.45, 7) is 1.87. The van der Waals surface area contributed by atoms with Crippen LogP contribution in [0.3, 0.4) is 0 Å². The zero-order valence-corrected chi connectivity index (χ0v) is 23.2. The summed E-state index contributed by atoms with van der Waals surface area (Å²) < 4.78 is 51.1. The van der Waals surface area contributed by atoms with Gasteiger partial charge in [0.2, 0.25) is 5.89 Å². The molecule has 5 rings (SSSR count). The predicted octanol–water partition coefficient (Wildman–Crippen LogP) is 5.58. The third kappa shape index (κ3) is 6.34. The maximum atomic E-state index is 13.3. The molecule has 0 radical (unpaired) electrons. The molecule has 222 valence electrons. The third-order valence-corrected chi connectivity index (χ3v) is 7.32.